The van der Waals surface area contributed by atoms with Gasteiger partial charge >= 0.3 is 12.4 Å². The number of hydrazine groups is 1. The molecule has 0 aliphatic heterocycles. The van der Waals surface area contributed by atoms with Crippen LogP contribution in [-0.4, -0.2) is 21.9 Å². The number of ether oxygens (including phenoxy) is 1. The SMILES string of the molecule is O=C(NNc1ncccc1-n1cccc1)Nc1ccc(OC(F)(F)F)cc1. The van der Waals surface area contributed by atoms with E-state index in [4.69, 9.17) is 0 Å². The van der Waals surface area contributed by atoms with E-state index in [2.05, 4.69) is 25.9 Å². The minimum atomic E-state index is -4.77. The fraction of sp³-hybridized carbons (Fsp3) is 0.0588. The van der Waals surface area contributed by atoms with Crippen LogP contribution in [0.2, 0.25) is 0 Å². The number of rotatable bonds is 5. The van der Waals surface area contributed by atoms with Crippen molar-refractivity contribution in [2.45, 2.75) is 6.36 Å². The molecule has 0 fully saturated rings. The Morgan fingerprint density at radius 3 is 2.41 bits per heavy atom. The number of hydrogen-bond acceptors (Lipinski definition) is 4. The van der Waals surface area contributed by atoms with Crippen molar-refractivity contribution in [2.24, 2.45) is 0 Å². The molecular weight excluding hydrogens is 363 g/mol. The molecule has 0 aliphatic carbocycles. The molecule has 0 aliphatic rings. The van der Waals surface area contributed by atoms with Crippen molar-refractivity contribution in [3.63, 3.8) is 0 Å². The molecule has 0 saturated carbocycles. The second-order valence-corrected chi connectivity index (χ2v) is 5.24. The number of hydrogen-bond donors (Lipinski definition) is 3. The summed E-state index contributed by atoms with van der Waals surface area (Å²) in [6.45, 7) is 0. The highest BCUT2D eigenvalue weighted by Crippen LogP contribution is 2.24. The van der Waals surface area contributed by atoms with E-state index in [-0.39, 0.29) is 11.4 Å². The van der Waals surface area contributed by atoms with Crippen LogP contribution in [0.4, 0.5) is 29.5 Å². The number of carbonyl (C=O) groups excluding carboxylic acids is 1. The first-order chi connectivity index (χ1) is 12.9. The number of aromatic nitrogens is 2. The van der Waals surface area contributed by atoms with Crippen molar-refractivity contribution in [1.82, 2.24) is 15.0 Å². The summed E-state index contributed by atoms with van der Waals surface area (Å²) in [4.78, 5) is 16.1. The van der Waals surface area contributed by atoms with E-state index >= 15 is 0 Å². The molecule has 0 spiro atoms. The Hall–Kier alpha value is -3.69. The molecule has 140 valence electrons. The van der Waals surface area contributed by atoms with Crippen LogP contribution in [0.1, 0.15) is 0 Å². The van der Waals surface area contributed by atoms with Crippen LogP contribution >= 0.6 is 0 Å². The van der Waals surface area contributed by atoms with Gasteiger partial charge in [0.05, 0.1) is 5.69 Å². The second kappa shape index (κ2) is 7.68. The van der Waals surface area contributed by atoms with Gasteiger partial charge in [0.15, 0.2) is 5.82 Å². The van der Waals surface area contributed by atoms with E-state index in [1.807, 2.05) is 35.2 Å². The summed E-state index contributed by atoms with van der Waals surface area (Å²) in [6.07, 6.45) is 0.449. The van der Waals surface area contributed by atoms with Crippen LogP contribution in [0.3, 0.4) is 0 Å². The first kappa shape index (κ1) is 18.1. The summed E-state index contributed by atoms with van der Waals surface area (Å²) in [5.74, 6) is 0.0363. The molecule has 3 aromatic rings. The molecule has 3 rings (SSSR count). The standard InChI is InChI=1S/C17H14F3N5O2/c18-17(19,20)27-13-7-5-12(6-8-13)22-16(26)24-23-15-14(4-3-9-21-15)25-10-1-2-11-25/h1-11H,(H,21,23)(H2,22,24,26). The van der Waals surface area contributed by atoms with Gasteiger partial charge in [-0.05, 0) is 48.5 Å². The largest absolute Gasteiger partial charge is 0.573 e. The highest BCUT2D eigenvalue weighted by Gasteiger charge is 2.30. The van der Waals surface area contributed by atoms with Gasteiger partial charge in [0, 0.05) is 24.3 Å². The van der Waals surface area contributed by atoms with E-state index in [0.717, 1.165) is 17.8 Å². The van der Waals surface area contributed by atoms with Gasteiger partial charge in [-0.25, -0.2) is 15.2 Å². The Morgan fingerprint density at radius 1 is 1.04 bits per heavy atom. The van der Waals surface area contributed by atoms with Crippen LogP contribution in [0.25, 0.3) is 5.69 Å². The lowest BCUT2D eigenvalue weighted by Gasteiger charge is -2.13. The number of anilines is 2. The maximum atomic E-state index is 12.1. The minimum absolute atomic E-state index is 0.287. The third-order valence-corrected chi connectivity index (χ3v) is 3.31. The Labute approximate surface area is 151 Å². The van der Waals surface area contributed by atoms with Crippen LogP contribution in [0.15, 0.2) is 67.1 Å². The second-order valence-electron chi connectivity index (χ2n) is 5.24. The Bertz CT molecular complexity index is 896. The van der Waals surface area contributed by atoms with Crippen molar-refractivity contribution in [3.8, 4) is 11.4 Å². The van der Waals surface area contributed by atoms with Gasteiger partial charge in [-0.3, -0.25) is 5.43 Å². The lowest BCUT2D eigenvalue weighted by Crippen LogP contribution is -2.34. The van der Waals surface area contributed by atoms with Crippen LogP contribution in [0, 0.1) is 0 Å². The molecular formula is C17H14F3N5O2. The molecule has 1 aromatic carbocycles. The van der Waals surface area contributed by atoms with Crippen molar-refractivity contribution in [3.05, 3.63) is 67.1 Å². The van der Waals surface area contributed by atoms with E-state index in [0.29, 0.717) is 5.82 Å². The fourth-order valence-corrected chi connectivity index (χ4v) is 2.21. The predicted octanol–water partition coefficient (Wildman–Crippen LogP) is 3.92. The van der Waals surface area contributed by atoms with E-state index in [1.165, 1.54) is 12.1 Å². The Balaban J connectivity index is 1.58. The van der Waals surface area contributed by atoms with Gasteiger partial charge in [0.1, 0.15) is 5.75 Å². The molecule has 2 amide bonds. The summed E-state index contributed by atoms with van der Waals surface area (Å²) in [6, 6.07) is 11.4. The zero-order valence-corrected chi connectivity index (χ0v) is 13.7. The number of alkyl halides is 3. The normalized spacial score (nSPS) is 10.9. The minimum Gasteiger partial charge on any atom is -0.406 e. The first-order valence-corrected chi connectivity index (χ1v) is 7.68. The maximum Gasteiger partial charge on any atom is 0.573 e. The molecule has 7 nitrogen and oxygen atoms in total. The summed E-state index contributed by atoms with van der Waals surface area (Å²) in [7, 11) is 0. The third-order valence-electron chi connectivity index (χ3n) is 3.31. The lowest BCUT2D eigenvalue weighted by atomic mass is 10.3. The molecule has 0 radical (unpaired) electrons. The molecule has 27 heavy (non-hydrogen) atoms. The number of benzene rings is 1. The van der Waals surface area contributed by atoms with Gasteiger partial charge in [0.25, 0.3) is 0 Å². The highest BCUT2D eigenvalue weighted by atomic mass is 19.4. The van der Waals surface area contributed by atoms with Gasteiger partial charge in [0.2, 0.25) is 0 Å². The molecule has 0 atom stereocenters. The van der Waals surface area contributed by atoms with E-state index < -0.39 is 12.4 Å². The number of nitrogens with one attached hydrogen (secondary N) is 3. The van der Waals surface area contributed by atoms with Gasteiger partial charge in [-0.2, -0.15) is 0 Å². The zero-order chi connectivity index (χ0) is 19.3. The number of carbonyl (C=O) groups is 1. The highest BCUT2D eigenvalue weighted by molar-refractivity contribution is 5.90. The van der Waals surface area contributed by atoms with Crippen molar-refractivity contribution in [2.75, 3.05) is 10.7 Å². The summed E-state index contributed by atoms with van der Waals surface area (Å²) in [5, 5.41) is 2.47. The first-order valence-electron chi connectivity index (χ1n) is 7.68. The average molecular weight is 377 g/mol. The summed E-state index contributed by atoms with van der Waals surface area (Å²) < 4.78 is 42.0. The van der Waals surface area contributed by atoms with Crippen molar-refractivity contribution >= 4 is 17.5 Å². The zero-order valence-electron chi connectivity index (χ0n) is 13.7. The average Bonchev–Trinajstić information content (AvgIpc) is 3.15. The molecule has 3 N–H and O–H groups in total. The molecule has 0 bridgehead atoms. The molecule has 2 aromatic heterocycles. The number of nitrogens with zero attached hydrogens (tertiary/aromatic N) is 2. The Morgan fingerprint density at radius 2 is 1.74 bits per heavy atom. The van der Waals surface area contributed by atoms with Crippen molar-refractivity contribution < 1.29 is 22.7 Å². The number of amides is 2. The molecule has 0 unspecified atom stereocenters. The van der Waals surface area contributed by atoms with Gasteiger partial charge < -0.3 is 14.6 Å². The molecule has 2 heterocycles. The predicted molar refractivity (Wildman–Crippen MR) is 92.5 cm³/mol. The quantitative estimate of drug-likeness (QED) is 0.589. The van der Waals surface area contributed by atoms with E-state index in [9.17, 15) is 18.0 Å². The molecule has 0 saturated heterocycles. The van der Waals surface area contributed by atoms with Gasteiger partial charge in [-0.1, -0.05) is 0 Å². The number of pyridine rings is 1. The monoisotopic (exact) mass is 377 g/mol. The number of halogens is 3. The number of urea groups is 1. The van der Waals surface area contributed by atoms with Crippen LogP contribution < -0.4 is 20.9 Å². The van der Waals surface area contributed by atoms with Crippen LogP contribution in [-0.2, 0) is 0 Å². The lowest BCUT2D eigenvalue weighted by molar-refractivity contribution is -0.274. The smallest absolute Gasteiger partial charge is 0.406 e. The third kappa shape index (κ3) is 5.14. The maximum absolute atomic E-state index is 12.1. The summed E-state index contributed by atoms with van der Waals surface area (Å²) >= 11 is 0. The summed E-state index contributed by atoms with van der Waals surface area (Å²) in [5.41, 5.74) is 6.12. The van der Waals surface area contributed by atoms with Gasteiger partial charge in [-0.15, -0.1) is 13.2 Å². The van der Waals surface area contributed by atoms with Crippen molar-refractivity contribution in [1.29, 1.82) is 0 Å². The van der Waals surface area contributed by atoms with Crippen LogP contribution in [0.5, 0.6) is 5.75 Å². The molecule has 10 heteroatoms. The topological polar surface area (TPSA) is 80.2 Å². The fourth-order valence-electron chi connectivity index (χ4n) is 2.21. The Kier molecular flexibility index (Phi) is 5.15. The van der Waals surface area contributed by atoms with E-state index in [1.54, 1.807) is 12.3 Å².